The molecular formula is C44H62CaO6S2. The van der Waals surface area contributed by atoms with E-state index in [4.69, 9.17) is 0 Å². The Morgan fingerprint density at radius 2 is 0.679 bits per heavy atom. The number of hydrogen-bond acceptors (Lipinski definition) is 6. The zero-order valence-corrected chi connectivity index (χ0v) is 36.7. The molecule has 0 saturated heterocycles. The predicted octanol–water partition coefficient (Wildman–Crippen LogP) is 11.6. The molecule has 0 radical (unpaired) electrons. The number of benzene rings is 4. The van der Waals surface area contributed by atoms with Gasteiger partial charge < -0.3 is 9.11 Å². The van der Waals surface area contributed by atoms with Crippen LogP contribution in [0.4, 0.5) is 0 Å². The first-order valence-electron chi connectivity index (χ1n) is 20.0. The zero-order chi connectivity index (χ0) is 38.0. The monoisotopic (exact) mass is 790 g/mol. The number of aryl methyl sites for hydroxylation is 4. The molecule has 6 nitrogen and oxygen atoms in total. The fourth-order valence-electron chi connectivity index (χ4n) is 7.25. The topological polar surface area (TPSA) is 114 Å². The third-order valence-electron chi connectivity index (χ3n) is 10.1. The molecule has 0 bridgehead atoms. The van der Waals surface area contributed by atoms with Gasteiger partial charge in [0.1, 0.15) is 20.2 Å². The number of unbranched alkanes of at least 4 members (excludes halogenated alkanes) is 12. The van der Waals surface area contributed by atoms with E-state index in [9.17, 15) is 25.9 Å². The summed E-state index contributed by atoms with van der Waals surface area (Å²) in [4.78, 5) is -0.119. The number of fused-ring (bicyclic) bond motifs is 2. The van der Waals surface area contributed by atoms with E-state index in [1.54, 1.807) is 12.1 Å². The van der Waals surface area contributed by atoms with Gasteiger partial charge in [-0.3, -0.25) is 0 Å². The Kier molecular flexibility index (Phi) is 22.4. The van der Waals surface area contributed by atoms with E-state index in [-0.39, 0.29) is 47.5 Å². The van der Waals surface area contributed by atoms with Crippen LogP contribution in [0.25, 0.3) is 21.5 Å². The van der Waals surface area contributed by atoms with E-state index in [1.165, 1.54) is 63.5 Å². The Balaban J connectivity index is 0.000000360. The van der Waals surface area contributed by atoms with Crippen molar-refractivity contribution in [3.63, 3.8) is 0 Å². The van der Waals surface area contributed by atoms with Gasteiger partial charge in [0.05, 0.1) is 9.79 Å². The van der Waals surface area contributed by atoms with Crippen LogP contribution >= 0.6 is 0 Å². The van der Waals surface area contributed by atoms with E-state index in [1.807, 2.05) is 24.3 Å². The van der Waals surface area contributed by atoms with Crippen LogP contribution in [0.3, 0.4) is 0 Å². The smallest absolute Gasteiger partial charge is 0.744 e. The van der Waals surface area contributed by atoms with Crippen LogP contribution in [0, 0.1) is 0 Å². The van der Waals surface area contributed by atoms with Crippen molar-refractivity contribution < 1.29 is 25.9 Å². The molecule has 0 atom stereocenters. The van der Waals surface area contributed by atoms with E-state index >= 15 is 0 Å². The van der Waals surface area contributed by atoms with Crippen molar-refractivity contribution in [1.82, 2.24) is 0 Å². The molecule has 0 aliphatic carbocycles. The van der Waals surface area contributed by atoms with Gasteiger partial charge >= 0.3 is 37.7 Å². The zero-order valence-electron chi connectivity index (χ0n) is 32.9. The summed E-state index contributed by atoms with van der Waals surface area (Å²) in [6, 6.07) is 18.6. The van der Waals surface area contributed by atoms with Gasteiger partial charge in [-0.25, -0.2) is 16.8 Å². The normalized spacial score (nSPS) is 11.7. The summed E-state index contributed by atoms with van der Waals surface area (Å²) in [6.07, 6.45) is 21.8. The second-order valence-electron chi connectivity index (χ2n) is 14.3. The van der Waals surface area contributed by atoms with Gasteiger partial charge in [0.2, 0.25) is 0 Å². The molecule has 0 saturated carbocycles. The Labute approximate surface area is 351 Å². The maximum atomic E-state index is 11.8. The van der Waals surface area contributed by atoms with Crippen LogP contribution in [0.1, 0.15) is 153 Å². The van der Waals surface area contributed by atoms with Crippen LogP contribution in [0.15, 0.2) is 70.5 Å². The third-order valence-corrected chi connectivity index (χ3v) is 11.9. The van der Waals surface area contributed by atoms with Crippen molar-refractivity contribution >= 4 is 79.5 Å². The minimum atomic E-state index is -4.48. The molecule has 0 aromatic heterocycles. The Hall–Kier alpha value is -1.52. The third kappa shape index (κ3) is 15.2. The number of hydrogen-bond donors (Lipinski definition) is 0. The van der Waals surface area contributed by atoms with Gasteiger partial charge in [-0.15, -0.1) is 0 Å². The van der Waals surface area contributed by atoms with E-state index < -0.39 is 20.2 Å². The first-order valence-corrected chi connectivity index (χ1v) is 22.8. The molecule has 0 N–H and O–H groups in total. The average Bonchev–Trinajstić information content (AvgIpc) is 3.12. The molecule has 4 aromatic carbocycles. The van der Waals surface area contributed by atoms with Crippen molar-refractivity contribution in [2.24, 2.45) is 0 Å². The molecule has 9 heteroatoms. The minimum Gasteiger partial charge on any atom is -0.744 e. The van der Waals surface area contributed by atoms with Gasteiger partial charge in [-0.05, 0) is 96.5 Å². The van der Waals surface area contributed by atoms with Gasteiger partial charge in [0.15, 0.2) is 0 Å². The quantitative estimate of drug-likeness (QED) is 0.0445. The molecular weight excluding hydrogens is 729 g/mol. The maximum absolute atomic E-state index is 11.8. The summed E-state index contributed by atoms with van der Waals surface area (Å²) in [7, 11) is -8.97. The first kappa shape index (κ1) is 47.6. The molecule has 0 unspecified atom stereocenters. The molecule has 0 spiro atoms. The average molecular weight is 791 g/mol. The van der Waals surface area contributed by atoms with Crippen LogP contribution in [0.5, 0.6) is 0 Å². The summed E-state index contributed by atoms with van der Waals surface area (Å²) in [5.74, 6) is 0. The Bertz CT molecular complexity index is 1770. The van der Waals surface area contributed by atoms with Crippen molar-refractivity contribution in [3.8, 4) is 0 Å². The molecule has 288 valence electrons. The van der Waals surface area contributed by atoms with Gasteiger partial charge in [0.25, 0.3) is 0 Å². The van der Waals surface area contributed by atoms with E-state index in [0.717, 1.165) is 110 Å². The molecule has 53 heavy (non-hydrogen) atoms. The van der Waals surface area contributed by atoms with Crippen LogP contribution in [-0.2, 0) is 45.9 Å². The summed E-state index contributed by atoms with van der Waals surface area (Å²) < 4.78 is 71.0. The largest absolute Gasteiger partial charge is 2.00 e. The Morgan fingerprint density at radius 1 is 0.396 bits per heavy atom. The van der Waals surface area contributed by atoms with Crippen molar-refractivity contribution in [3.05, 3.63) is 82.9 Å². The van der Waals surface area contributed by atoms with E-state index in [2.05, 4.69) is 39.8 Å². The molecule has 0 aliphatic rings. The predicted molar refractivity (Wildman–Crippen MR) is 221 cm³/mol. The van der Waals surface area contributed by atoms with Crippen LogP contribution in [0.2, 0.25) is 0 Å². The van der Waals surface area contributed by atoms with Gasteiger partial charge in [-0.1, -0.05) is 153 Å². The molecule has 0 heterocycles. The molecule has 0 amide bonds. The summed E-state index contributed by atoms with van der Waals surface area (Å²) in [5.41, 5.74) is 4.28. The van der Waals surface area contributed by atoms with E-state index in [0.29, 0.717) is 10.8 Å². The molecule has 0 fully saturated rings. The second kappa shape index (κ2) is 24.9. The molecule has 4 aromatic rings. The van der Waals surface area contributed by atoms with Crippen molar-refractivity contribution in [2.45, 2.75) is 166 Å². The first-order chi connectivity index (χ1) is 25.0. The fourth-order valence-corrected chi connectivity index (χ4v) is 8.72. The Morgan fingerprint density at radius 3 is 0.962 bits per heavy atom. The van der Waals surface area contributed by atoms with Gasteiger partial charge in [-0.2, -0.15) is 0 Å². The van der Waals surface area contributed by atoms with Gasteiger partial charge in [0, 0.05) is 10.8 Å². The summed E-state index contributed by atoms with van der Waals surface area (Å²) >= 11 is 0. The standard InChI is InChI=1S/2C22H32O3S.Ca/c2*1-3-5-7-9-12-18-16-17-19(13-10-8-6-4-2)22-20(18)14-11-15-21(22)26(23,24)25;/h2*11,14-17H,3-10,12-13H2,1-2H3,(H,23,24,25);/q;;+2/p-2. The number of rotatable bonds is 22. The minimum absolute atomic E-state index is 0. The fraction of sp³-hybridized carbons (Fsp3) is 0.545. The van der Waals surface area contributed by atoms with Crippen LogP contribution in [-0.4, -0.2) is 63.7 Å². The summed E-state index contributed by atoms with van der Waals surface area (Å²) in [5, 5.41) is 3.19. The molecule has 0 aliphatic heterocycles. The molecule has 4 rings (SSSR count). The summed E-state index contributed by atoms with van der Waals surface area (Å²) in [6.45, 7) is 8.72. The second-order valence-corrected chi connectivity index (χ2v) is 17.0. The van der Waals surface area contributed by atoms with Crippen molar-refractivity contribution in [2.75, 3.05) is 0 Å². The van der Waals surface area contributed by atoms with Crippen LogP contribution < -0.4 is 0 Å². The maximum Gasteiger partial charge on any atom is 2.00 e. The van der Waals surface area contributed by atoms with Crippen molar-refractivity contribution in [1.29, 1.82) is 0 Å². The SMILES string of the molecule is CCCCCCc1ccc(CCCCCC)c2c(S(=O)(=O)[O-])cccc12.CCCCCCc1ccc(CCCCCC)c2c(S(=O)(=O)[O-])cccc12.[Ca+2].